The fourth-order valence-corrected chi connectivity index (χ4v) is 3.91. The molecule has 1 aromatic heterocycles. The zero-order valence-electron chi connectivity index (χ0n) is 14.7. The minimum absolute atomic E-state index is 0.409. The van der Waals surface area contributed by atoms with E-state index >= 15 is 0 Å². The summed E-state index contributed by atoms with van der Waals surface area (Å²) >= 11 is 0. The first-order valence-electron chi connectivity index (χ1n) is 9.41. The van der Waals surface area contributed by atoms with Crippen LogP contribution >= 0.6 is 0 Å². The van der Waals surface area contributed by atoms with E-state index in [2.05, 4.69) is 20.2 Å². The number of rotatable bonds is 7. The first-order chi connectivity index (χ1) is 12.2. The van der Waals surface area contributed by atoms with Crippen LogP contribution < -0.4 is 5.32 Å². The van der Waals surface area contributed by atoms with E-state index in [1.165, 1.54) is 57.7 Å². The van der Waals surface area contributed by atoms with Gasteiger partial charge in [-0.2, -0.15) is 0 Å². The number of aliphatic carboxylic acids is 1. The lowest BCUT2D eigenvalue weighted by Crippen LogP contribution is -2.42. The number of piperidine rings is 1. The van der Waals surface area contributed by atoms with Crippen LogP contribution in [0.3, 0.4) is 0 Å². The summed E-state index contributed by atoms with van der Waals surface area (Å²) in [5.74, 6) is 0.727. The van der Waals surface area contributed by atoms with Crippen LogP contribution in [0, 0.1) is 5.92 Å². The van der Waals surface area contributed by atoms with Crippen LogP contribution in [0.1, 0.15) is 50.6 Å². The Hall–Kier alpha value is -1.95. The molecule has 6 nitrogen and oxygen atoms in total. The van der Waals surface area contributed by atoms with Gasteiger partial charge in [0.25, 0.3) is 0 Å². The van der Waals surface area contributed by atoms with E-state index < -0.39 is 5.97 Å². The van der Waals surface area contributed by atoms with Crippen molar-refractivity contribution in [2.45, 2.75) is 51.0 Å². The second kappa shape index (κ2) is 8.94. The van der Waals surface area contributed by atoms with Crippen LogP contribution in [0.4, 0.5) is 5.82 Å². The van der Waals surface area contributed by atoms with Gasteiger partial charge in [-0.15, -0.1) is 0 Å². The molecule has 136 valence electrons. The maximum atomic E-state index is 10.5. The summed E-state index contributed by atoms with van der Waals surface area (Å²) in [6.45, 7) is 3.48. The van der Waals surface area contributed by atoms with Gasteiger partial charge in [-0.05, 0) is 44.3 Å². The van der Waals surface area contributed by atoms with Gasteiger partial charge in [0.05, 0.1) is 18.1 Å². The number of carboxylic acids is 1. The zero-order chi connectivity index (χ0) is 17.5. The van der Waals surface area contributed by atoms with Crippen LogP contribution in [0.5, 0.6) is 0 Å². The summed E-state index contributed by atoms with van der Waals surface area (Å²) in [4.78, 5) is 21.7. The number of anilines is 1. The summed E-state index contributed by atoms with van der Waals surface area (Å²) < 4.78 is 0. The van der Waals surface area contributed by atoms with Gasteiger partial charge in [-0.3, -0.25) is 4.98 Å². The van der Waals surface area contributed by atoms with Gasteiger partial charge in [0, 0.05) is 18.7 Å². The van der Waals surface area contributed by atoms with Crippen molar-refractivity contribution < 1.29 is 9.90 Å². The van der Waals surface area contributed by atoms with E-state index in [9.17, 15) is 4.79 Å². The molecule has 1 aromatic rings. The molecule has 1 aliphatic heterocycles. The van der Waals surface area contributed by atoms with E-state index in [-0.39, 0.29) is 0 Å². The largest absolute Gasteiger partial charge is 0.478 e. The van der Waals surface area contributed by atoms with Crippen LogP contribution in [-0.2, 0) is 4.79 Å². The topological polar surface area (TPSA) is 78.3 Å². The van der Waals surface area contributed by atoms with Gasteiger partial charge in [-0.1, -0.05) is 25.7 Å². The number of aromatic nitrogens is 2. The number of nitrogens with zero attached hydrogens (tertiary/aromatic N) is 3. The van der Waals surface area contributed by atoms with Crippen LogP contribution in [0.2, 0.25) is 0 Å². The summed E-state index contributed by atoms with van der Waals surface area (Å²) in [6.07, 6.45) is 15.2. The normalized spacial score (nSPS) is 22.5. The maximum Gasteiger partial charge on any atom is 0.328 e. The summed E-state index contributed by atoms with van der Waals surface area (Å²) in [7, 11) is 0. The number of likely N-dealkylation sites (tertiary alicyclic amines) is 1. The fraction of sp³-hybridized carbons (Fsp3) is 0.632. The van der Waals surface area contributed by atoms with Gasteiger partial charge < -0.3 is 15.3 Å². The molecule has 25 heavy (non-hydrogen) atoms. The average molecular weight is 344 g/mol. The van der Waals surface area contributed by atoms with Crippen molar-refractivity contribution in [3.05, 3.63) is 24.2 Å². The molecule has 0 radical (unpaired) electrons. The van der Waals surface area contributed by atoms with Gasteiger partial charge >= 0.3 is 5.97 Å². The van der Waals surface area contributed by atoms with Crippen molar-refractivity contribution in [3.8, 4) is 0 Å². The number of carbonyl (C=O) groups is 1. The van der Waals surface area contributed by atoms with Gasteiger partial charge in [0.1, 0.15) is 5.82 Å². The summed E-state index contributed by atoms with van der Waals surface area (Å²) in [5, 5.41) is 12.1. The highest BCUT2D eigenvalue weighted by molar-refractivity contribution is 5.84. The van der Waals surface area contributed by atoms with Crippen molar-refractivity contribution in [2.24, 2.45) is 5.92 Å². The zero-order valence-corrected chi connectivity index (χ0v) is 14.7. The Morgan fingerprint density at radius 3 is 2.80 bits per heavy atom. The minimum atomic E-state index is -0.982. The molecule has 2 N–H and O–H groups in total. The number of hydrogen-bond donors (Lipinski definition) is 2. The Morgan fingerprint density at radius 1 is 1.24 bits per heavy atom. The quantitative estimate of drug-likeness (QED) is 0.740. The lowest BCUT2D eigenvalue weighted by Gasteiger charge is -2.33. The molecule has 0 bridgehead atoms. The van der Waals surface area contributed by atoms with Crippen molar-refractivity contribution in [1.82, 2.24) is 14.9 Å². The molecular formula is C19H28N4O2. The smallest absolute Gasteiger partial charge is 0.328 e. The molecule has 1 aliphatic carbocycles. The standard InChI is InChI=1S/C19H28N4O2/c24-19(25)8-7-16-12-21-18(13-20-16)22-17-6-3-10-23(14-17)11-9-15-4-1-2-5-15/h7-8,12-13,15,17H,1-6,9-11,14H2,(H,21,22)(H,24,25)/b8-7+/t17-/m1/s1. The lowest BCUT2D eigenvalue weighted by molar-refractivity contribution is -0.131. The Labute approximate surface area is 149 Å². The average Bonchev–Trinajstić information content (AvgIpc) is 3.13. The molecule has 3 rings (SSSR count). The Balaban J connectivity index is 1.46. The molecule has 2 aliphatic rings. The first-order valence-corrected chi connectivity index (χ1v) is 9.41. The van der Waals surface area contributed by atoms with Crippen LogP contribution in [-0.4, -0.2) is 51.6 Å². The Kier molecular flexibility index (Phi) is 6.39. The van der Waals surface area contributed by atoms with Crippen molar-refractivity contribution >= 4 is 17.9 Å². The molecule has 2 fully saturated rings. The highest BCUT2D eigenvalue weighted by Crippen LogP contribution is 2.28. The third-order valence-electron chi connectivity index (χ3n) is 5.25. The molecule has 0 spiro atoms. The third kappa shape index (κ3) is 5.81. The Morgan fingerprint density at radius 2 is 2.08 bits per heavy atom. The number of hydrogen-bond acceptors (Lipinski definition) is 5. The molecule has 0 unspecified atom stereocenters. The van der Waals surface area contributed by atoms with E-state index in [0.29, 0.717) is 11.7 Å². The second-order valence-electron chi connectivity index (χ2n) is 7.22. The molecule has 0 aromatic carbocycles. The molecule has 6 heteroatoms. The SMILES string of the molecule is O=C(O)/C=C/c1cnc(N[C@@H]2CCCN(CCC3CCCC3)C2)cn1. The Bertz CT molecular complexity index is 582. The molecule has 1 saturated carbocycles. The number of carboxylic acid groups (broad SMARTS) is 1. The fourth-order valence-electron chi connectivity index (χ4n) is 3.91. The molecule has 0 amide bonds. The van der Waals surface area contributed by atoms with Crippen LogP contribution in [0.15, 0.2) is 18.5 Å². The van der Waals surface area contributed by atoms with Gasteiger partial charge in [0.2, 0.25) is 0 Å². The van der Waals surface area contributed by atoms with Crippen molar-refractivity contribution in [2.75, 3.05) is 25.0 Å². The van der Waals surface area contributed by atoms with Crippen molar-refractivity contribution in [3.63, 3.8) is 0 Å². The monoisotopic (exact) mass is 344 g/mol. The molecule has 1 saturated heterocycles. The van der Waals surface area contributed by atoms with Crippen molar-refractivity contribution in [1.29, 1.82) is 0 Å². The second-order valence-corrected chi connectivity index (χ2v) is 7.22. The van der Waals surface area contributed by atoms with Gasteiger partial charge in [0.15, 0.2) is 0 Å². The third-order valence-corrected chi connectivity index (χ3v) is 5.25. The highest BCUT2D eigenvalue weighted by atomic mass is 16.4. The van der Waals surface area contributed by atoms with Crippen LogP contribution in [0.25, 0.3) is 6.08 Å². The first kappa shape index (κ1) is 17.9. The van der Waals surface area contributed by atoms with E-state index in [1.54, 1.807) is 12.4 Å². The minimum Gasteiger partial charge on any atom is -0.478 e. The molecule has 2 heterocycles. The van der Waals surface area contributed by atoms with E-state index in [0.717, 1.165) is 30.8 Å². The lowest BCUT2D eigenvalue weighted by atomic mass is 10.0. The van der Waals surface area contributed by atoms with E-state index in [4.69, 9.17) is 5.11 Å². The number of nitrogens with one attached hydrogen (secondary N) is 1. The molecular weight excluding hydrogens is 316 g/mol. The molecule has 1 atom stereocenters. The van der Waals surface area contributed by atoms with Gasteiger partial charge in [-0.25, -0.2) is 9.78 Å². The van der Waals surface area contributed by atoms with E-state index in [1.807, 2.05) is 0 Å². The predicted molar refractivity (Wildman–Crippen MR) is 98.4 cm³/mol. The summed E-state index contributed by atoms with van der Waals surface area (Å²) in [5.41, 5.74) is 0.551. The maximum absolute atomic E-state index is 10.5. The predicted octanol–water partition coefficient (Wildman–Crippen LogP) is 3.03. The highest BCUT2D eigenvalue weighted by Gasteiger charge is 2.22. The summed E-state index contributed by atoms with van der Waals surface area (Å²) in [6, 6.07) is 0.409.